The summed E-state index contributed by atoms with van der Waals surface area (Å²) in [5, 5.41) is 0. The molecule has 1 aliphatic heterocycles. The first-order valence-electron chi connectivity index (χ1n) is 9.20. The molecule has 4 nitrogen and oxygen atoms in total. The predicted octanol–water partition coefficient (Wildman–Crippen LogP) is 4.53. The molecular formula is C21H25ClN2O2S. The predicted molar refractivity (Wildman–Crippen MR) is 110 cm³/mol. The highest BCUT2D eigenvalue weighted by Gasteiger charge is 2.30. The number of nitrogens with zero attached hydrogens (tertiary/aromatic N) is 2. The Morgan fingerprint density at radius 3 is 2.56 bits per heavy atom. The number of thiophene rings is 1. The van der Waals surface area contributed by atoms with Gasteiger partial charge in [-0.1, -0.05) is 28.8 Å². The Balaban J connectivity index is 1.65. The van der Waals surface area contributed by atoms with Gasteiger partial charge < -0.3 is 9.80 Å². The van der Waals surface area contributed by atoms with Crippen molar-refractivity contribution in [3.05, 3.63) is 56.2 Å². The third kappa shape index (κ3) is 4.90. The van der Waals surface area contributed by atoms with Crippen LogP contribution in [-0.2, 0) is 11.3 Å². The lowest BCUT2D eigenvalue weighted by Gasteiger charge is -2.34. The molecule has 1 saturated heterocycles. The Morgan fingerprint density at radius 1 is 1.22 bits per heavy atom. The van der Waals surface area contributed by atoms with Crippen molar-refractivity contribution in [3.8, 4) is 0 Å². The zero-order valence-electron chi connectivity index (χ0n) is 16.0. The van der Waals surface area contributed by atoms with E-state index in [-0.39, 0.29) is 17.7 Å². The summed E-state index contributed by atoms with van der Waals surface area (Å²) in [7, 11) is 1.82. The van der Waals surface area contributed by atoms with Crippen LogP contribution in [-0.4, -0.2) is 41.8 Å². The van der Waals surface area contributed by atoms with Gasteiger partial charge in [0.25, 0.3) is 5.91 Å². The molecule has 1 atom stereocenters. The largest absolute Gasteiger partial charge is 0.340 e. The number of rotatable bonds is 4. The molecule has 1 aromatic carbocycles. The van der Waals surface area contributed by atoms with Crippen LogP contribution in [0.4, 0.5) is 0 Å². The third-order valence-electron chi connectivity index (χ3n) is 4.92. The van der Waals surface area contributed by atoms with Gasteiger partial charge in [0.15, 0.2) is 0 Å². The van der Waals surface area contributed by atoms with Crippen molar-refractivity contribution in [2.75, 3.05) is 20.1 Å². The van der Waals surface area contributed by atoms with Crippen molar-refractivity contribution in [1.82, 2.24) is 9.80 Å². The molecule has 2 aromatic rings. The molecule has 3 rings (SSSR count). The Bertz CT molecular complexity index is 828. The van der Waals surface area contributed by atoms with Crippen LogP contribution >= 0.6 is 22.9 Å². The fourth-order valence-electron chi connectivity index (χ4n) is 3.70. The maximum absolute atomic E-state index is 12.9. The number of hydrogen-bond acceptors (Lipinski definition) is 3. The SMILES string of the molecule is Cc1cc(C)cc(C(=O)N2CCCC(C(=O)N(C)Cc3ccc(Cl)s3)C2)c1. The van der Waals surface area contributed by atoms with E-state index in [0.717, 1.165) is 33.2 Å². The van der Waals surface area contributed by atoms with Crippen molar-refractivity contribution in [1.29, 1.82) is 0 Å². The van der Waals surface area contributed by atoms with Crippen molar-refractivity contribution < 1.29 is 9.59 Å². The molecule has 144 valence electrons. The lowest BCUT2D eigenvalue weighted by molar-refractivity contribution is -0.136. The van der Waals surface area contributed by atoms with Gasteiger partial charge in [0.05, 0.1) is 16.8 Å². The topological polar surface area (TPSA) is 40.6 Å². The number of amides is 2. The molecule has 6 heteroatoms. The van der Waals surface area contributed by atoms with Crippen molar-refractivity contribution in [3.63, 3.8) is 0 Å². The Morgan fingerprint density at radius 2 is 1.93 bits per heavy atom. The normalized spacial score (nSPS) is 17.0. The van der Waals surface area contributed by atoms with Gasteiger partial charge in [-0.15, -0.1) is 11.3 Å². The van der Waals surface area contributed by atoms with Gasteiger partial charge in [0, 0.05) is 30.6 Å². The number of carbonyl (C=O) groups is 2. The summed E-state index contributed by atoms with van der Waals surface area (Å²) in [5.41, 5.74) is 2.87. The standard InChI is InChI=1S/C21H25ClN2O2S/c1-14-9-15(2)11-17(10-14)21(26)24-8-4-5-16(12-24)20(25)23(3)13-18-6-7-19(22)27-18/h6-7,9-11,16H,4-5,8,12-13H2,1-3H3. The average molecular weight is 405 g/mol. The molecular weight excluding hydrogens is 380 g/mol. The third-order valence-corrected chi connectivity index (χ3v) is 6.14. The molecule has 0 bridgehead atoms. The summed E-state index contributed by atoms with van der Waals surface area (Å²) < 4.78 is 0.730. The molecule has 2 heterocycles. The molecule has 0 aliphatic carbocycles. The van der Waals surface area contributed by atoms with Crippen LogP contribution in [0.5, 0.6) is 0 Å². The summed E-state index contributed by atoms with van der Waals surface area (Å²) in [4.78, 5) is 30.4. The first kappa shape index (κ1) is 19.9. The van der Waals surface area contributed by atoms with Crippen LogP contribution in [0, 0.1) is 19.8 Å². The molecule has 0 N–H and O–H groups in total. The Hall–Kier alpha value is -1.85. The Labute approximate surface area is 169 Å². The van der Waals surface area contributed by atoms with E-state index in [9.17, 15) is 9.59 Å². The van der Waals surface area contributed by atoms with Crippen LogP contribution in [0.3, 0.4) is 0 Å². The Kier molecular flexibility index (Phi) is 6.22. The zero-order chi connectivity index (χ0) is 19.6. The second-order valence-electron chi connectivity index (χ2n) is 7.37. The van der Waals surface area contributed by atoms with Crippen molar-refractivity contribution in [2.24, 2.45) is 5.92 Å². The van der Waals surface area contributed by atoms with Gasteiger partial charge in [0.2, 0.25) is 5.91 Å². The molecule has 0 saturated carbocycles. The summed E-state index contributed by atoms with van der Waals surface area (Å²) in [6.45, 7) is 5.74. The van der Waals surface area contributed by atoms with E-state index >= 15 is 0 Å². The van der Waals surface area contributed by atoms with Crippen LogP contribution in [0.25, 0.3) is 0 Å². The number of piperidine rings is 1. The number of carbonyl (C=O) groups excluding carboxylic acids is 2. The van der Waals surface area contributed by atoms with Crippen LogP contribution in [0.1, 0.15) is 39.2 Å². The number of aryl methyl sites for hydroxylation is 2. The highest BCUT2D eigenvalue weighted by atomic mass is 35.5. The molecule has 1 unspecified atom stereocenters. The second-order valence-corrected chi connectivity index (χ2v) is 9.17. The van der Waals surface area contributed by atoms with Crippen molar-refractivity contribution in [2.45, 2.75) is 33.2 Å². The fourth-order valence-corrected chi connectivity index (χ4v) is 4.85. The molecule has 1 fully saturated rings. The van der Waals surface area contributed by atoms with Gasteiger partial charge in [-0.05, 0) is 51.0 Å². The highest BCUT2D eigenvalue weighted by molar-refractivity contribution is 7.16. The van der Waals surface area contributed by atoms with Gasteiger partial charge in [0.1, 0.15) is 0 Å². The minimum atomic E-state index is -0.144. The number of benzene rings is 1. The fraction of sp³-hybridized carbons (Fsp3) is 0.429. The average Bonchev–Trinajstić information content (AvgIpc) is 3.04. The van der Waals surface area contributed by atoms with Gasteiger partial charge in [-0.25, -0.2) is 0 Å². The van der Waals surface area contributed by atoms with E-state index in [1.54, 1.807) is 4.90 Å². The molecule has 27 heavy (non-hydrogen) atoms. The lowest BCUT2D eigenvalue weighted by atomic mass is 9.95. The molecule has 2 amide bonds. The first-order valence-corrected chi connectivity index (χ1v) is 10.4. The maximum atomic E-state index is 12.9. The summed E-state index contributed by atoms with van der Waals surface area (Å²) in [6.07, 6.45) is 1.68. The van der Waals surface area contributed by atoms with E-state index in [0.29, 0.717) is 25.2 Å². The van der Waals surface area contributed by atoms with E-state index < -0.39 is 0 Å². The number of halogens is 1. The van der Waals surface area contributed by atoms with Crippen LogP contribution in [0.15, 0.2) is 30.3 Å². The van der Waals surface area contributed by atoms with E-state index in [2.05, 4.69) is 6.07 Å². The molecule has 1 aliphatic rings. The highest BCUT2D eigenvalue weighted by Crippen LogP contribution is 2.25. The van der Waals surface area contributed by atoms with Crippen LogP contribution in [0.2, 0.25) is 4.34 Å². The monoisotopic (exact) mass is 404 g/mol. The van der Waals surface area contributed by atoms with Gasteiger partial charge in [-0.3, -0.25) is 9.59 Å². The summed E-state index contributed by atoms with van der Waals surface area (Å²) >= 11 is 7.47. The summed E-state index contributed by atoms with van der Waals surface area (Å²) in [6, 6.07) is 9.71. The van der Waals surface area contributed by atoms with E-state index in [4.69, 9.17) is 11.6 Å². The maximum Gasteiger partial charge on any atom is 0.253 e. The number of likely N-dealkylation sites (tertiary alicyclic amines) is 1. The summed E-state index contributed by atoms with van der Waals surface area (Å²) in [5.74, 6) is -0.0292. The zero-order valence-corrected chi connectivity index (χ0v) is 17.6. The molecule has 1 aromatic heterocycles. The smallest absolute Gasteiger partial charge is 0.253 e. The second kappa shape index (κ2) is 8.44. The minimum absolute atomic E-state index is 0.0204. The van der Waals surface area contributed by atoms with E-state index in [1.807, 2.05) is 50.1 Å². The van der Waals surface area contributed by atoms with Gasteiger partial charge >= 0.3 is 0 Å². The lowest BCUT2D eigenvalue weighted by Crippen LogP contribution is -2.45. The molecule has 0 radical (unpaired) electrons. The first-order chi connectivity index (χ1) is 12.8. The van der Waals surface area contributed by atoms with Gasteiger partial charge in [-0.2, -0.15) is 0 Å². The minimum Gasteiger partial charge on any atom is -0.340 e. The van der Waals surface area contributed by atoms with E-state index in [1.165, 1.54) is 11.3 Å². The quantitative estimate of drug-likeness (QED) is 0.751. The van der Waals surface area contributed by atoms with Crippen LogP contribution < -0.4 is 0 Å². The number of hydrogen-bond donors (Lipinski definition) is 0. The molecule has 0 spiro atoms. The van der Waals surface area contributed by atoms with Crippen molar-refractivity contribution >= 4 is 34.8 Å².